The van der Waals surface area contributed by atoms with E-state index in [-0.39, 0.29) is 39.0 Å². The molecule has 0 bridgehead atoms. The zero-order valence-electron chi connectivity index (χ0n) is 88.4. The molecule has 0 spiro atoms. The van der Waals surface area contributed by atoms with Gasteiger partial charge in [-0.2, -0.15) is 0 Å². The summed E-state index contributed by atoms with van der Waals surface area (Å²) >= 11 is 0. The van der Waals surface area contributed by atoms with E-state index in [0.717, 1.165) is 130 Å². The van der Waals surface area contributed by atoms with Crippen LogP contribution in [0.15, 0.2) is 152 Å². The first-order chi connectivity index (χ1) is 59.7. The van der Waals surface area contributed by atoms with Gasteiger partial charge < -0.3 is 0 Å². The Kier molecular flexibility index (Phi) is 14.4. The summed E-state index contributed by atoms with van der Waals surface area (Å²) in [6.45, 7) is 25.3. The van der Waals surface area contributed by atoms with Gasteiger partial charge in [0.25, 0.3) is 0 Å². The Bertz CT molecular complexity index is 6650. The van der Waals surface area contributed by atoms with Gasteiger partial charge in [0.15, 0.2) is 24.8 Å². The van der Waals surface area contributed by atoms with E-state index in [1.54, 1.807) is 62.8 Å². The van der Waals surface area contributed by atoms with Crippen LogP contribution in [0.4, 0.5) is 0 Å². The molecule has 7 aromatic heterocycles. The maximum atomic E-state index is 8.86. The molecule has 5 aliphatic carbocycles. The molecule has 0 atom stereocenters. The van der Waals surface area contributed by atoms with Crippen LogP contribution in [0.2, 0.25) is 0 Å². The predicted octanol–water partition coefficient (Wildman–Crippen LogP) is 22.4. The van der Waals surface area contributed by atoms with E-state index in [9.17, 15) is 0 Å². The lowest BCUT2D eigenvalue weighted by molar-refractivity contribution is -0.661. The van der Waals surface area contributed by atoms with Gasteiger partial charge in [-0.1, -0.05) is 144 Å². The van der Waals surface area contributed by atoms with Gasteiger partial charge in [-0.15, -0.1) is 0 Å². The van der Waals surface area contributed by atoms with Gasteiger partial charge in [-0.05, 0) is 266 Å². The van der Waals surface area contributed by atoms with Crippen LogP contribution in [0.3, 0.4) is 0 Å². The summed E-state index contributed by atoms with van der Waals surface area (Å²) in [7, 11) is 7.75. The molecule has 0 N–H and O–H groups in total. The Morgan fingerprint density at radius 3 is 1.33 bits per heavy atom. The fourth-order valence-corrected chi connectivity index (χ4v) is 17.6. The molecular weight excluding hydrogens is 1340 g/mol. The highest BCUT2D eigenvalue weighted by Crippen LogP contribution is 2.57. The molecule has 0 aliphatic heterocycles. The third-order valence-corrected chi connectivity index (χ3v) is 24.0. The monoisotopic (exact) mass is 1470 g/mol. The van der Waals surface area contributed by atoms with Crippen LogP contribution in [0, 0.1) is 86.6 Å². The van der Waals surface area contributed by atoms with E-state index in [1.165, 1.54) is 61.8 Å². The lowest BCUT2D eigenvalue weighted by Gasteiger charge is -2.47. The summed E-state index contributed by atoms with van der Waals surface area (Å²) in [6.07, 6.45) is 6.66. The molecule has 0 radical (unpaired) electrons. The van der Waals surface area contributed by atoms with E-state index in [4.69, 9.17) is 27.4 Å². The van der Waals surface area contributed by atoms with Crippen LogP contribution in [0.25, 0.3) is 89.5 Å². The van der Waals surface area contributed by atoms with E-state index in [1.807, 2.05) is 121 Å². The molecule has 0 amide bonds. The number of hydrogen-bond donors (Lipinski definition) is 0. The number of benzene rings is 5. The number of fused-ring (bicyclic) bond motifs is 15. The maximum absolute atomic E-state index is 8.86. The molecule has 7 heteroatoms. The van der Waals surface area contributed by atoms with Crippen LogP contribution in [-0.4, -0.2) is 15.0 Å². The van der Waals surface area contributed by atoms with Crippen molar-refractivity contribution >= 4 is 0 Å². The molecule has 17 rings (SSSR count). The van der Waals surface area contributed by atoms with Crippen molar-refractivity contribution in [3.05, 3.63) is 286 Å². The summed E-state index contributed by atoms with van der Waals surface area (Å²) in [6, 6.07) is 41.8. The number of pyridine rings is 7. The first-order valence-corrected chi connectivity index (χ1v) is 38.5. The topological polar surface area (TPSA) is 54.2 Å². The summed E-state index contributed by atoms with van der Waals surface area (Å²) in [4.78, 5) is 13.4. The molecule has 562 valence electrons. The Morgan fingerprint density at radius 1 is 0.409 bits per heavy atom. The number of nitrogens with zero attached hydrogens (tertiary/aromatic N) is 7. The average Bonchev–Trinajstić information content (AvgIpc) is 1.15. The highest BCUT2D eigenvalue weighted by atomic mass is 14.9. The van der Waals surface area contributed by atoms with Crippen molar-refractivity contribution < 1.29 is 45.7 Å². The minimum absolute atomic E-state index is 0.00119. The standard InChI is InChI=1S/C27H30N.2C26H31N2.C24H27N2/c1-16-12-23-25(28(7)15-16)24-17(2)20-13-18-10-8-9-11-19(18)21(20)14-22(24)26(3,4)27(23,5)6;1-16-15-28(7)25(12-19(16)14-26(4,5)6)20-10-11-21-22-9-8-17(2)27-24(22)13-23(21)18(20)3;1-16-12-25(28(7)15-19(16)14-26(4,5)6)20-10-11-21-22-9-8-17(2)27-24(22)13-23(21)18(20)3;1-14(2)22-13-26(6)24(11-15(22)3)18-9-10-19-20-8-7-16(4)25-23(20)12-21(19)17(18)5/h8-12,14-15H,13H2,1-7H3;2*8-12,15H,13-14H2,1-7H3;7-11,13-14H,12H2,1-6H3/q4*+1/i1D3;1D3,2D3,14D2;2D3,14D2;4D3,14D. The Labute approximate surface area is 686 Å². The molecule has 0 unspecified atom stereocenters. The largest absolute Gasteiger partial charge is 0.257 e. The molecule has 110 heavy (non-hydrogen) atoms. The SMILES string of the molecule is [2H]C([2H])([2H])c1cc2c([n+](C)c1)-c1c(cc3c(c1C)Cc1ccccc1-3)C(C)(C)C2(C)C.[2H]C([2H])([2H])c1ccc2c(n1)Cc1c-2ccc(-c2cc(C([2H])([2H])C(C)(C)C)c(C([2H])([2H])[2H])c[n+]2C)c1C.[2H]C([2H])([2H])c1ccc2c(n1)Cc1c-2ccc(-c2cc(C)c(C([2H])(C)C)c[n+]2C)c1C.[2H]C([2H])([2H])c1ccc2c(n1)Cc1c-2ccc(-c2cc(C)c(C([2H])([2H])C(C)(C)C)c[n+]2C)c1C. The Morgan fingerprint density at radius 2 is 0.845 bits per heavy atom. The molecule has 7 nitrogen and oxygen atoms in total. The zero-order valence-corrected chi connectivity index (χ0v) is 68.4. The molecule has 12 aromatic rings. The van der Waals surface area contributed by atoms with Crippen molar-refractivity contribution in [2.75, 3.05) is 0 Å². The summed E-state index contributed by atoms with van der Waals surface area (Å²) in [5.74, 6) is -0.652. The Hall–Kier alpha value is -9.85. The third-order valence-electron chi connectivity index (χ3n) is 24.0. The number of hydrogen-bond acceptors (Lipinski definition) is 3. The molecular formula is C103H119N7+4. The van der Waals surface area contributed by atoms with E-state index in [2.05, 4.69) is 148 Å². The minimum Gasteiger partial charge on any atom is -0.257 e. The van der Waals surface area contributed by atoms with Crippen LogP contribution in [0.1, 0.15) is 251 Å². The van der Waals surface area contributed by atoms with Crippen molar-refractivity contribution in [3.8, 4) is 89.5 Å². The molecule has 0 saturated heterocycles. The second-order valence-corrected chi connectivity index (χ2v) is 34.6. The lowest BCUT2D eigenvalue weighted by atomic mass is 9.55. The lowest BCUT2D eigenvalue weighted by Crippen LogP contribution is -2.48. The van der Waals surface area contributed by atoms with Gasteiger partial charge in [-0.25, -0.2) is 18.3 Å². The van der Waals surface area contributed by atoms with Gasteiger partial charge in [-0.3, -0.25) is 15.0 Å². The first-order valence-electron chi connectivity index (χ1n) is 48.5. The van der Waals surface area contributed by atoms with E-state index < -0.39 is 63.7 Å². The van der Waals surface area contributed by atoms with Crippen LogP contribution < -0.4 is 18.3 Å². The average molecular weight is 1480 g/mol. The van der Waals surface area contributed by atoms with Gasteiger partial charge >= 0.3 is 0 Å². The fourth-order valence-electron chi connectivity index (χ4n) is 17.6. The third kappa shape index (κ3) is 13.9. The van der Waals surface area contributed by atoms with Crippen molar-refractivity contribution in [3.63, 3.8) is 0 Å². The first kappa shape index (κ1) is 55.5. The van der Waals surface area contributed by atoms with E-state index >= 15 is 0 Å². The maximum Gasteiger partial charge on any atom is 0.216 e. The summed E-state index contributed by atoms with van der Waals surface area (Å²) in [5, 5.41) is 0. The predicted molar refractivity (Wildman–Crippen MR) is 457 cm³/mol. The van der Waals surface area contributed by atoms with Crippen molar-refractivity contribution in [1.29, 1.82) is 0 Å². The van der Waals surface area contributed by atoms with E-state index in [0.29, 0.717) is 36.1 Å². The highest BCUT2D eigenvalue weighted by molar-refractivity contribution is 5.88. The second-order valence-electron chi connectivity index (χ2n) is 34.6. The molecule has 0 saturated carbocycles. The number of rotatable bonds is 6. The minimum atomic E-state index is -2.47. The van der Waals surface area contributed by atoms with Gasteiger partial charge in [0.05, 0.1) is 22.6 Å². The second kappa shape index (κ2) is 28.5. The van der Waals surface area contributed by atoms with Crippen molar-refractivity contribution in [2.24, 2.45) is 39.0 Å². The molecule has 7 heterocycles. The quantitative estimate of drug-likeness (QED) is 0.156. The van der Waals surface area contributed by atoms with Crippen LogP contribution >= 0.6 is 0 Å². The fraction of sp³-hybridized carbons (Fsp3) is 0.369. The molecule has 5 aromatic carbocycles. The number of aromatic nitrogens is 7. The van der Waals surface area contributed by atoms with Crippen molar-refractivity contribution in [1.82, 2.24) is 15.0 Å². The zero-order chi connectivity index (χ0) is 96.0. The normalized spacial score (nSPS) is 17.5. The molecule has 5 aliphatic rings. The van der Waals surface area contributed by atoms with Gasteiger partial charge in [0, 0.05) is 149 Å². The van der Waals surface area contributed by atoms with Gasteiger partial charge in [0.2, 0.25) is 22.8 Å². The van der Waals surface area contributed by atoms with Crippen LogP contribution in [0.5, 0.6) is 0 Å². The molecule has 0 fully saturated rings. The number of aryl methyl sites for hydroxylation is 11. The summed E-state index contributed by atoms with van der Waals surface area (Å²) < 4.78 is 169. The smallest absolute Gasteiger partial charge is 0.216 e. The Balaban J connectivity index is 0.000000140. The summed E-state index contributed by atoms with van der Waals surface area (Å²) in [5.41, 5.74) is 35.9. The van der Waals surface area contributed by atoms with Crippen molar-refractivity contribution in [2.45, 2.75) is 214 Å². The van der Waals surface area contributed by atoms with Crippen LogP contribution in [-0.2, 0) is 77.4 Å². The van der Waals surface area contributed by atoms with Gasteiger partial charge in [0.1, 0.15) is 28.2 Å². The highest BCUT2D eigenvalue weighted by Gasteiger charge is 2.51.